The number of carbonyl (C=O) groups excluding carboxylic acids is 1. The molecule has 1 aromatic rings. The number of aliphatic hydroxyl groups excluding tert-OH is 2. The number of hydrogen-bond acceptors (Lipinski definition) is 4. The topological polar surface area (TPSA) is 107 Å². The number of amides is 1. The molecule has 19 heavy (non-hydrogen) atoms. The van der Waals surface area contributed by atoms with Crippen molar-refractivity contribution in [2.45, 2.75) is 19.1 Å². The Morgan fingerprint density at radius 1 is 1.37 bits per heavy atom. The van der Waals surface area contributed by atoms with Crippen molar-refractivity contribution in [1.29, 1.82) is 0 Å². The first-order chi connectivity index (χ1) is 8.84. The fourth-order valence-corrected chi connectivity index (χ4v) is 1.51. The Morgan fingerprint density at radius 2 is 2.00 bits per heavy atom. The van der Waals surface area contributed by atoms with E-state index in [2.05, 4.69) is 5.32 Å². The summed E-state index contributed by atoms with van der Waals surface area (Å²) in [5.41, 5.74) is -0.930. The van der Waals surface area contributed by atoms with Gasteiger partial charge in [-0.15, -0.1) is 0 Å². The minimum absolute atomic E-state index is 0.271. The van der Waals surface area contributed by atoms with Crippen molar-refractivity contribution in [2.24, 2.45) is 0 Å². The van der Waals surface area contributed by atoms with Crippen LogP contribution in [-0.4, -0.2) is 39.8 Å². The Morgan fingerprint density at radius 3 is 2.53 bits per heavy atom. The highest BCUT2D eigenvalue weighted by Crippen LogP contribution is 2.22. The predicted molar refractivity (Wildman–Crippen MR) is 63.0 cm³/mol. The van der Waals surface area contributed by atoms with Gasteiger partial charge in [0.05, 0.1) is 5.56 Å². The molecule has 0 bridgehead atoms. The van der Waals surface area contributed by atoms with Crippen molar-refractivity contribution in [1.82, 2.24) is 5.32 Å². The van der Waals surface area contributed by atoms with Gasteiger partial charge >= 0.3 is 5.97 Å². The maximum atomic E-state index is 13.8. The average Bonchev–Trinajstić information content (AvgIpc) is 2.34. The molecular formula is C12H14FNO5. The molecule has 104 valence electrons. The Bertz CT molecular complexity index is 491. The zero-order valence-corrected chi connectivity index (χ0v) is 10.1. The number of carboxylic acid groups (broad SMARTS) is 1. The predicted octanol–water partition coefficient (Wildman–Crippen LogP) is 0.0543. The van der Waals surface area contributed by atoms with E-state index in [9.17, 15) is 24.2 Å². The van der Waals surface area contributed by atoms with Crippen LogP contribution in [-0.2, 0) is 4.79 Å². The van der Waals surface area contributed by atoms with Gasteiger partial charge in [-0.3, -0.25) is 4.79 Å². The van der Waals surface area contributed by atoms with Gasteiger partial charge in [-0.1, -0.05) is 12.1 Å². The van der Waals surface area contributed by atoms with Gasteiger partial charge in [0.25, 0.3) is 0 Å². The first-order valence-electron chi connectivity index (χ1n) is 5.47. The summed E-state index contributed by atoms with van der Waals surface area (Å²) in [5.74, 6) is -2.99. The number of halogens is 1. The molecule has 0 heterocycles. The Labute approximate surface area is 108 Å². The largest absolute Gasteiger partial charge is 0.478 e. The molecule has 0 spiro atoms. The fraction of sp³-hybridized carbons (Fsp3) is 0.333. The van der Waals surface area contributed by atoms with E-state index in [1.165, 1.54) is 19.1 Å². The number of rotatable bonds is 5. The van der Waals surface area contributed by atoms with Crippen molar-refractivity contribution in [3.05, 3.63) is 35.1 Å². The molecule has 0 saturated heterocycles. The first kappa shape index (κ1) is 15.1. The molecule has 1 amide bonds. The van der Waals surface area contributed by atoms with Crippen molar-refractivity contribution < 1.29 is 29.3 Å². The summed E-state index contributed by atoms with van der Waals surface area (Å²) in [6, 6.07) is 3.48. The van der Waals surface area contributed by atoms with Crippen molar-refractivity contribution >= 4 is 11.9 Å². The molecule has 2 atom stereocenters. The Hall–Kier alpha value is -1.99. The van der Waals surface area contributed by atoms with Crippen LogP contribution >= 0.6 is 0 Å². The van der Waals surface area contributed by atoms with E-state index in [1.807, 2.05) is 0 Å². The second-order valence-electron chi connectivity index (χ2n) is 3.96. The average molecular weight is 271 g/mol. The van der Waals surface area contributed by atoms with Gasteiger partial charge < -0.3 is 20.6 Å². The monoisotopic (exact) mass is 271 g/mol. The van der Waals surface area contributed by atoms with Crippen LogP contribution in [0.3, 0.4) is 0 Å². The highest BCUT2D eigenvalue weighted by atomic mass is 19.1. The van der Waals surface area contributed by atoms with Gasteiger partial charge in [0, 0.05) is 19.0 Å². The van der Waals surface area contributed by atoms with E-state index in [0.717, 1.165) is 6.07 Å². The minimum atomic E-state index is -1.63. The summed E-state index contributed by atoms with van der Waals surface area (Å²) in [5, 5.41) is 30.4. The van der Waals surface area contributed by atoms with Gasteiger partial charge in [-0.05, 0) is 6.07 Å². The number of aromatic carboxylic acids is 1. The highest BCUT2D eigenvalue weighted by Gasteiger charge is 2.24. The summed E-state index contributed by atoms with van der Waals surface area (Å²) < 4.78 is 13.8. The number of carbonyl (C=O) groups is 2. The summed E-state index contributed by atoms with van der Waals surface area (Å²) in [6.07, 6.45) is -3.08. The number of aliphatic hydroxyl groups is 2. The number of carboxylic acids is 1. The van der Waals surface area contributed by atoms with Crippen LogP contribution in [0, 0.1) is 5.82 Å². The number of nitrogens with one attached hydrogen (secondary N) is 1. The maximum absolute atomic E-state index is 13.8. The van der Waals surface area contributed by atoms with Gasteiger partial charge in [0.1, 0.15) is 18.0 Å². The molecule has 0 aliphatic carbocycles. The lowest BCUT2D eigenvalue weighted by molar-refractivity contribution is -0.119. The van der Waals surface area contributed by atoms with E-state index >= 15 is 0 Å². The van der Waals surface area contributed by atoms with E-state index in [1.54, 1.807) is 0 Å². The fourth-order valence-electron chi connectivity index (χ4n) is 1.51. The lowest BCUT2D eigenvalue weighted by atomic mass is 10.0. The van der Waals surface area contributed by atoms with Crippen LogP contribution in [0.2, 0.25) is 0 Å². The van der Waals surface area contributed by atoms with Crippen LogP contribution in [0.15, 0.2) is 18.2 Å². The van der Waals surface area contributed by atoms with Crippen molar-refractivity contribution in [3.63, 3.8) is 0 Å². The normalized spacial score (nSPS) is 13.7. The van der Waals surface area contributed by atoms with Crippen LogP contribution < -0.4 is 5.32 Å². The summed E-state index contributed by atoms with van der Waals surface area (Å²) in [7, 11) is 0. The number of hydrogen-bond donors (Lipinski definition) is 4. The minimum Gasteiger partial charge on any atom is -0.478 e. The van der Waals surface area contributed by atoms with E-state index in [0.29, 0.717) is 0 Å². The van der Waals surface area contributed by atoms with Crippen molar-refractivity contribution in [2.75, 3.05) is 6.54 Å². The molecule has 0 aliphatic heterocycles. The zero-order valence-electron chi connectivity index (χ0n) is 10.1. The second kappa shape index (κ2) is 6.26. The Balaban J connectivity index is 2.93. The molecule has 6 nitrogen and oxygen atoms in total. The van der Waals surface area contributed by atoms with E-state index in [4.69, 9.17) is 5.11 Å². The third-order valence-corrected chi connectivity index (χ3v) is 2.50. The third-order valence-electron chi connectivity index (χ3n) is 2.50. The lowest BCUT2D eigenvalue weighted by Crippen LogP contribution is -2.34. The summed E-state index contributed by atoms with van der Waals surface area (Å²) in [6.45, 7) is 0.956. The zero-order chi connectivity index (χ0) is 14.6. The van der Waals surface area contributed by atoms with Gasteiger partial charge in [0.15, 0.2) is 0 Å². The smallest absolute Gasteiger partial charge is 0.338 e. The summed E-state index contributed by atoms with van der Waals surface area (Å²) >= 11 is 0. The van der Waals surface area contributed by atoms with E-state index in [-0.39, 0.29) is 12.1 Å². The van der Waals surface area contributed by atoms with Crippen LogP contribution in [0.5, 0.6) is 0 Å². The third kappa shape index (κ3) is 3.73. The van der Waals surface area contributed by atoms with Gasteiger partial charge in [-0.2, -0.15) is 0 Å². The molecule has 0 saturated carbocycles. The Kier molecular flexibility index (Phi) is 4.96. The molecular weight excluding hydrogens is 257 g/mol. The highest BCUT2D eigenvalue weighted by molar-refractivity contribution is 5.88. The molecule has 0 aliphatic rings. The maximum Gasteiger partial charge on any atom is 0.338 e. The molecule has 1 rings (SSSR count). The summed E-state index contributed by atoms with van der Waals surface area (Å²) in [4.78, 5) is 21.4. The standard InChI is InChI=1S/C12H14FNO5/c1-6(15)14-5-9(16)11(17)7-3-2-4-8(10(7)13)12(18)19/h2-4,9,11,16-17H,5H2,1H3,(H,14,15)(H,18,19). The first-order valence-corrected chi connectivity index (χ1v) is 5.47. The number of benzene rings is 1. The molecule has 4 N–H and O–H groups in total. The van der Waals surface area contributed by atoms with Crippen molar-refractivity contribution in [3.8, 4) is 0 Å². The quantitative estimate of drug-likeness (QED) is 0.605. The molecule has 7 heteroatoms. The molecule has 1 aromatic carbocycles. The molecule has 0 aromatic heterocycles. The van der Waals surface area contributed by atoms with Gasteiger partial charge in [0.2, 0.25) is 5.91 Å². The SMILES string of the molecule is CC(=O)NCC(O)C(O)c1cccc(C(=O)O)c1F. The molecule has 2 unspecified atom stereocenters. The molecule has 0 fully saturated rings. The van der Waals surface area contributed by atoms with Crippen LogP contribution in [0.4, 0.5) is 4.39 Å². The van der Waals surface area contributed by atoms with Gasteiger partial charge in [-0.25, -0.2) is 9.18 Å². The van der Waals surface area contributed by atoms with Crippen LogP contribution in [0.25, 0.3) is 0 Å². The van der Waals surface area contributed by atoms with E-state index < -0.39 is 35.5 Å². The van der Waals surface area contributed by atoms with Crippen LogP contribution in [0.1, 0.15) is 28.9 Å². The lowest BCUT2D eigenvalue weighted by Gasteiger charge is -2.19. The second-order valence-corrected chi connectivity index (χ2v) is 3.96. The molecule has 0 radical (unpaired) electrons.